The lowest BCUT2D eigenvalue weighted by atomic mass is 10.1. The number of aliphatic hydroxyl groups is 1. The van der Waals surface area contributed by atoms with Crippen molar-refractivity contribution in [1.29, 1.82) is 0 Å². The number of fused-ring (bicyclic) bond motifs is 3. The minimum atomic E-state index is -0.762. The second kappa shape index (κ2) is 6.58. The van der Waals surface area contributed by atoms with E-state index in [1.54, 1.807) is 31.7 Å². The van der Waals surface area contributed by atoms with E-state index in [9.17, 15) is 9.90 Å². The molecule has 4 heterocycles. The number of nitrogens with one attached hydrogen (secondary N) is 1. The molecule has 0 aromatic carbocycles. The lowest BCUT2D eigenvalue weighted by Crippen LogP contribution is -2.33. The maximum Gasteiger partial charge on any atom is 0.413 e. The number of aromatic nitrogens is 4. The lowest BCUT2D eigenvalue weighted by Gasteiger charge is -2.25. The van der Waals surface area contributed by atoms with Crippen molar-refractivity contribution in [3.63, 3.8) is 0 Å². The number of hydrogen-bond acceptors (Lipinski definition) is 9. The Morgan fingerprint density at radius 2 is 2.06 bits per heavy atom. The quantitative estimate of drug-likeness (QED) is 0.746. The number of nitrogens with zero attached hydrogens (tertiary/aromatic N) is 4. The summed E-state index contributed by atoms with van der Waals surface area (Å²) in [7, 11) is 0. The Labute approximate surface area is 179 Å². The molecule has 11 nitrogen and oxygen atoms in total. The Hall–Kier alpha value is -2.34. The van der Waals surface area contributed by atoms with E-state index in [1.807, 2.05) is 13.8 Å². The molecular formula is C20H27N5O6. The Morgan fingerprint density at radius 3 is 2.74 bits per heavy atom. The van der Waals surface area contributed by atoms with E-state index in [1.165, 1.54) is 6.33 Å². The van der Waals surface area contributed by atoms with Crippen molar-refractivity contribution in [2.75, 3.05) is 11.9 Å². The normalized spacial score (nSPS) is 33.6. The van der Waals surface area contributed by atoms with E-state index in [2.05, 4.69) is 20.3 Å². The Morgan fingerprint density at radius 1 is 1.29 bits per heavy atom. The highest BCUT2D eigenvalue weighted by atomic mass is 16.8. The van der Waals surface area contributed by atoms with Crippen LogP contribution in [-0.4, -0.2) is 66.5 Å². The van der Waals surface area contributed by atoms with E-state index in [0.29, 0.717) is 17.6 Å². The molecule has 1 spiro atoms. The highest BCUT2D eigenvalue weighted by molar-refractivity contribution is 5.93. The highest BCUT2D eigenvalue weighted by Gasteiger charge is 2.73. The van der Waals surface area contributed by atoms with Gasteiger partial charge in [-0.15, -0.1) is 0 Å². The fourth-order valence-corrected chi connectivity index (χ4v) is 4.52. The van der Waals surface area contributed by atoms with Gasteiger partial charge in [0.05, 0.1) is 6.33 Å². The van der Waals surface area contributed by atoms with Crippen LogP contribution in [-0.2, 0) is 18.9 Å². The van der Waals surface area contributed by atoms with Crippen LogP contribution in [0.25, 0.3) is 11.2 Å². The fraction of sp³-hybridized carbons (Fsp3) is 0.700. The van der Waals surface area contributed by atoms with E-state index < -0.39 is 29.3 Å². The smallest absolute Gasteiger partial charge is 0.413 e. The van der Waals surface area contributed by atoms with Crippen molar-refractivity contribution in [2.24, 2.45) is 5.92 Å². The first-order valence-corrected chi connectivity index (χ1v) is 10.3. The molecule has 2 aliphatic heterocycles. The summed E-state index contributed by atoms with van der Waals surface area (Å²) >= 11 is 0. The fourth-order valence-electron chi connectivity index (χ4n) is 4.52. The van der Waals surface area contributed by atoms with Crippen molar-refractivity contribution in [3.8, 4) is 0 Å². The molecule has 5 rings (SSSR count). The summed E-state index contributed by atoms with van der Waals surface area (Å²) in [4.78, 5) is 25.1. The molecule has 0 radical (unpaired) electrons. The molecule has 168 valence electrons. The monoisotopic (exact) mass is 433 g/mol. The molecule has 11 heteroatoms. The number of rotatable bonds is 3. The zero-order valence-electron chi connectivity index (χ0n) is 18.2. The zero-order valence-corrected chi connectivity index (χ0v) is 18.2. The predicted octanol–water partition coefficient (Wildman–Crippen LogP) is 1.97. The third kappa shape index (κ3) is 3.36. The SMILES string of the molecule is CC(C)(C)OC(=O)Nc1ncnc2c1ncn2C1O[C@]2(C[C@H]2CO)C2OC(C)(C)O[C@H]12. The summed E-state index contributed by atoms with van der Waals surface area (Å²) < 4.78 is 25.8. The van der Waals surface area contributed by atoms with Gasteiger partial charge in [-0.1, -0.05) is 0 Å². The Kier molecular flexibility index (Phi) is 4.36. The molecule has 1 saturated carbocycles. The van der Waals surface area contributed by atoms with Crippen LogP contribution in [0.1, 0.15) is 47.3 Å². The van der Waals surface area contributed by atoms with Gasteiger partial charge in [-0.05, 0) is 41.0 Å². The van der Waals surface area contributed by atoms with Gasteiger partial charge in [0.25, 0.3) is 0 Å². The number of ether oxygens (including phenoxy) is 4. The summed E-state index contributed by atoms with van der Waals surface area (Å²) in [6.07, 6.45) is 1.77. The summed E-state index contributed by atoms with van der Waals surface area (Å²) in [5.74, 6) is -0.524. The molecule has 5 atom stereocenters. The maximum atomic E-state index is 12.2. The molecule has 2 unspecified atom stereocenters. The summed E-state index contributed by atoms with van der Waals surface area (Å²) in [5, 5.41) is 12.3. The van der Waals surface area contributed by atoms with Crippen LogP contribution >= 0.6 is 0 Å². The third-order valence-corrected chi connectivity index (χ3v) is 5.80. The van der Waals surface area contributed by atoms with E-state index in [0.717, 1.165) is 0 Å². The van der Waals surface area contributed by atoms with Gasteiger partial charge in [-0.3, -0.25) is 9.88 Å². The number of imidazole rings is 1. The number of carbonyl (C=O) groups excluding carboxylic acids is 1. The first-order chi connectivity index (χ1) is 14.5. The molecule has 1 amide bonds. The molecule has 1 aliphatic carbocycles. The molecule has 3 fully saturated rings. The van der Waals surface area contributed by atoms with Crippen molar-refractivity contribution >= 4 is 23.1 Å². The minimum absolute atomic E-state index is 0.00342. The zero-order chi connectivity index (χ0) is 22.2. The van der Waals surface area contributed by atoms with Gasteiger partial charge < -0.3 is 24.1 Å². The molecule has 2 saturated heterocycles. The van der Waals surface area contributed by atoms with Gasteiger partial charge in [0.15, 0.2) is 29.0 Å². The van der Waals surface area contributed by atoms with Crippen LogP contribution in [0.2, 0.25) is 0 Å². The Bertz CT molecular complexity index is 1030. The molecule has 0 bridgehead atoms. The molecular weight excluding hydrogens is 406 g/mol. The summed E-state index contributed by atoms with van der Waals surface area (Å²) in [5.41, 5.74) is -0.339. The molecule has 31 heavy (non-hydrogen) atoms. The van der Waals surface area contributed by atoms with Crippen LogP contribution < -0.4 is 5.32 Å². The first-order valence-electron chi connectivity index (χ1n) is 10.3. The second-order valence-corrected chi connectivity index (χ2v) is 9.74. The largest absolute Gasteiger partial charge is 0.444 e. The van der Waals surface area contributed by atoms with E-state index in [4.69, 9.17) is 18.9 Å². The van der Waals surface area contributed by atoms with Gasteiger partial charge in [0, 0.05) is 12.5 Å². The van der Waals surface area contributed by atoms with Crippen LogP contribution in [0.4, 0.5) is 10.6 Å². The number of carbonyl (C=O) groups is 1. The van der Waals surface area contributed by atoms with Crippen molar-refractivity contribution in [2.45, 2.75) is 76.5 Å². The second-order valence-electron chi connectivity index (χ2n) is 9.74. The van der Waals surface area contributed by atoms with E-state index >= 15 is 0 Å². The molecule has 2 N–H and O–H groups in total. The van der Waals surface area contributed by atoms with Gasteiger partial charge >= 0.3 is 6.09 Å². The number of aliphatic hydroxyl groups excluding tert-OH is 1. The van der Waals surface area contributed by atoms with Crippen LogP contribution in [0.15, 0.2) is 12.7 Å². The standard InChI is InChI=1S/C20H27N5O6/c1-18(2,3)31-17(27)24-14-11-15(22-8-21-14)25(9-23-11)16-12-13(29-19(4,5)28-12)20(30-16)6-10(20)7-26/h8-10,12-13,16,26H,6-7H2,1-5H3,(H,21,22,24,27)/t10-,12-,13?,16?,20-/m0/s1. The average Bonchev–Trinajstić information content (AvgIpc) is 2.89. The van der Waals surface area contributed by atoms with Crippen LogP contribution in [0, 0.1) is 5.92 Å². The summed E-state index contributed by atoms with van der Waals surface area (Å²) in [6, 6.07) is 0. The lowest BCUT2D eigenvalue weighted by molar-refractivity contribution is -0.204. The topological polar surface area (TPSA) is 130 Å². The minimum Gasteiger partial charge on any atom is -0.444 e. The van der Waals surface area contributed by atoms with Crippen molar-refractivity contribution in [1.82, 2.24) is 19.5 Å². The Balaban J connectivity index is 1.47. The highest BCUT2D eigenvalue weighted by Crippen LogP contribution is 2.62. The molecule has 3 aliphatic rings. The third-order valence-electron chi connectivity index (χ3n) is 5.80. The number of hydrogen-bond donors (Lipinski definition) is 2. The van der Waals surface area contributed by atoms with Gasteiger partial charge in [0.2, 0.25) is 0 Å². The predicted molar refractivity (Wildman–Crippen MR) is 107 cm³/mol. The molecule has 2 aromatic rings. The van der Waals surface area contributed by atoms with Crippen LogP contribution in [0.3, 0.4) is 0 Å². The van der Waals surface area contributed by atoms with Crippen LogP contribution in [0.5, 0.6) is 0 Å². The van der Waals surface area contributed by atoms with E-state index in [-0.39, 0.29) is 30.6 Å². The van der Waals surface area contributed by atoms with Gasteiger partial charge in [-0.2, -0.15) is 0 Å². The van der Waals surface area contributed by atoms with Crippen molar-refractivity contribution < 1.29 is 28.8 Å². The average molecular weight is 433 g/mol. The first kappa shape index (κ1) is 20.6. The summed E-state index contributed by atoms with van der Waals surface area (Å²) in [6.45, 7) is 9.10. The van der Waals surface area contributed by atoms with Crippen molar-refractivity contribution in [3.05, 3.63) is 12.7 Å². The molecule has 2 aromatic heterocycles. The number of anilines is 1. The van der Waals surface area contributed by atoms with Gasteiger partial charge in [-0.25, -0.2) is 19.7 Å². The maximum absolute atomic E-state index is 12.2. The number of amides is 1. The van der Waals surface area contributed by atoms with Gasteiger partial charge in [0.1, 0.15) is 29.7 Å².